The number of rotatable bonds is 5. The van der Waals surface area contributed by atoms with E-state index >= 15 is 0 Å². The minimum absolute atomic E-state index is 0.0489. The number of Topliss-reactive ketones (excluding diaryl/α,β-unsaturated/α-hetero) is 2. The molecule has 3 rings (SSSR count). The van der Waals surface area contributed by atoms with Crippen LogP contribution in [0, 0.1) is 0 Å². The highest BCUT2D eigenvalue weighted by atomic mass is 16.3. The van der Waals surface area contributed by atoms with Gasteiger partial charge in [0.05, 0.1) is 43.2 Å². The number of benzene rings is 1. The Morgan fingerprint density at radius 1 is 1.15 bits per heavy atom. The number of hydrogen-bond acceptors (Lipinski definition) is 10. The molecule has 0 fully saturated rings. The monoisotopic (exact) mass is 458 g/mol. The van der Waals surface area contributed by atoms with Crippen molar-refractivity contribution in [1.29, 1.82) is 0 Å². The molecule has 1 aliphatic rings. The summed E-state index contributed by atoms with van der Waals surface area (Å²) in [6.07, 6.45) is 1.46. The van der Waals surface area contributed by atoms with Crippen LogP contribution < -0.4 is 27.4 Å². The average molecular weight is 458 g/mol. The lowest BCUT2D eigenvalue weighted by molar-refractivity contribution is -0.138. The molecule has 14 heteroatoms. The summed E-state index contributed by atoms with van der Waals surface area (Å²) >= 11 is 0. The number of ketones is 2. The fourth-order valence-corrected chi connectivity index (χ4v) is 3.06. The molecule has 174 valence electrons. The number of nitrogens with zero attached hydrogens (tertiary/aromatic N) is 3. The van der Waals surface area contributed by atoms with E-state index in [1.165, 1.54) is 16.9 Å². The third-order valence-corrected chi connectivity index (χ3v) is 4.84. The SMILES string of the molecule is NCC(=O)[C@@H]1NC(=O)[C@H](C(=O)[C@@H](N)CO)NC(=O)c2ccccc2-n2cc(nn2)CNC1=O. The highest BCUT2D eigenvalue weighted by molar-refractivity contribution is 6.15. The molecule has 0 unspecified atom stereocenters. The topological polar surface area (TPSA) is 224 Å². The largest absolute Gasteiger partial charge is 0.394 e. The van der Waals surface area contributed by atoms with Crippen molar-refractivity contribution in [1.82, 2.24) is 30.9 Å². The van der Waals surface area contributed by atoms with E-state index in [2.05, 4.69) is 26.3 Å². The van der Waals surface area contributed by atoms with Crippen molar-refractivity contribution in [3.63, 3.8) is 0 Å². The first kappa shape index (κ1) is 23.6. The zero-order valence-electron chi connectivity index (χ0n) is 17.2. The number of nitrogens with one attached hydrogen (secondary N) is 3. The minimum atomic E-state index is -1.91. The molecule has 14 nitrogen and oxygen atoms in total. The number of carbonyl (C=O) groups is 5. The molecule has 2 heterocycles. The van der Waals surface area contributed by atoms with Crippen LogP contribution in [0.2, 0.25) is 0 Å². The van der Waals surface area contributed by atoms with E-state index in [4.69, 9.17) is 11.5 Å². The van der Waals surface area contributed by atoms with Crippen LogP contribution in [-0.2, 0) is 25.7 Å². The first-order valence-electron chi connectivity index (χ1n) is 9.79. The number of fused-ring (bicyclic) bond motifs is 4. The Kier molecular flexibility index (Phi) is 7.22. The molecule has 8 N–H and O–H groups in total. The molecule has 0 spiro atoms. The third kappa shape index (κ3) is 5.08. The van der Waals surface area contributed by atoms with E-state index in [0.29, 0.717) is 5.69 Å². The number of para-hydroxylation sites is 1. The summed E-state index contributed by atoms with van der Waals surface area (Å²) < 4.78 is 1.28. The maximum absolute atomic E-state index is 13.0. The lowest BCUT2D eigenvalue weighted by Crippen LogP contribution is -2.61. The molecular formula is C19H22N8O6. The lowest BCUT2D eigenvalue weighted by atomic mass is 10.0. The van der Waals surface area contributed by atoms with Gasteiger partial charge in [-0.15, -0.1) is 5.10 Å². The number of carbonyl (C=O) groups excluding carboxylic acids is 5. The maximum Gasteiger partial charge on any atom is 0.254 e. The first-order valence-corrected chi connectivity index (χ1v) is 9.79. The molecule has 1 aromatic heterocycles. The Morgan fingerprint density at radius 2 is 1.88 bits per heavy atom. The predicted molar refractivity (Wildman–Crippen MR) is 111 cm³/mol. The molecule has 1 aromatic carbocycles. The van der Waals surface area contributed by atoms with Crippen molar-refractivity contribution >= 4 is 29.3 Å². The summed E-state index contributed by atoms with van der Waals surface area (Å²) in [6, 6.07) is 1.03. The number of aliphatic hydroxyl groups is 1. The smallest absolute Gasteiger partial charge is 0.254 e. The van der Waals surface area contributed by atoms with Gasteiger partial charge in [-0.05, 0) is 12.1 Å². The van der Waals surface area contributed by atoms with E-state index in [-0.39, 0.29) is 17.8 Å². The predicted octanol–water partition coefficient (Wildman–Crippen LogP) is -4.10. The molecule has 0 radical (unpaired) electrons. The van der Waals surface area contributed by atoms with Crippen molar-refractivity contribution in [2.24, 2.45) is 11.5 Å². The van der Waals surface area contributed by atoms with Crippen molar-refractivity contribution < 1.29 is 29.1 Å². The summed E-state index contributed by atoms with van der Waals surface area (Å²) in [6.45, 7) is -1.53. The van der Waals surface area contributed by atoms with Crippen LogP contribution in [0.25, 0.3) is 5.69 Å². The van der Waals surface area contributed by atoms with Crippen molar-refractivity contribution in [2.75, 3.05) is 13.2 Å². The third-order valence-electron chi connectivity index (χ3n) is 4.84. The summed E-state index contributed by atoms with van der Waals surface area (Å²) in [5.41, 5.74) is 11.6. The van der Waals surface area contributed by atoms with Gasteiger partial charge in [-0.1, -0.05) is 17.3 Å². The van der Waals surface area contributed by atoms with Crippen LogP contribution in [0.1, 0.15) is 16.1 Å². The Bertz CT molecular complexity index is 1100. The molecule has 2 aromatic rings. The minimum Gasteiger partial charge on any atom is -0.394 e. The van der Waals surface area contributed by atoms with Gasteiger partial charge in [0.1, 0.15) is 5.69 Å². The number of nitrogens with two attached hydrogens (primary N) is 2. The van der Waals surface area contributed by atoms with Gasteiger partial charge in [0.2, 0.25) is 0 Å². The zero-order chi connectivity index (χ0) is 24.1. The Hall–Kier alpha value is -4.01. The molecule has 3 atom stereocenters. The second-order valence-corrected chi connectivity index (χ2v) is 7.10. The lowest BCUT2D eigenvalue weighted by Gasteiger charge is -2.23. The Morgan fingerprint density at radius 3 is 2.58 bits per heavy atom. The van der Waals surface area contributed by atoms with Crippen LogP contribution in [0.4, 0.5) is 0 Å². The number of hydrogen-bond donors (Lipinski definition) is 6. The van der Waals surface area contributed by atoms with Crippen molar-refractivity contribution in [2.45, 2.75) is 24.7 Å². The normalized spacial score (nSPS) is 19.9. The molecule has 0 saturated heterocycles. The first-order chi connectivity index (χ1) is 15.8. The molecule has 0 aliphatic carbocycles. The van der Waals surface area contributed by atoms with Gasteiger partial charge < -0.3 is 32.5 Å². The van der Waals surface area contributed by atoms with E-state index in [0.717, 1.165) is 0 Å². The van der Waals surface area contributed by atoms with Crippen LogP contribution in [0.5, 0.6) is 0 Å². The second kappa shape index (κ2) is 10.1. The zero-order valence-corrected chi connectivity index (χ0v) is 17.2. The fourth-order valence-electron chi connectivity index (χ4n) is 3.06. The summed E-state index contributed by atoms with van der Waals surface area (Å²) in [4.78, 5) is 63.4. The molecular weight excluding hydrogens is 436 g/mol. The summed E-state index contributed by atoms with van der Waals surface area (Å²) in [5, 5.41) is 23.9. The molecule has 33 heavy (non-hydrogen) atoms. The van der Waals surface area contributed by atoms with Crippen LogP contribution in [0.3, 0.4) is 0 Å². The molecule has 2 bridgehead atoms. The van der Waals surface area contributed by atoms with Gasteiger partial charge in [0.15, 0.2) is 23.7 Å². The van der Waals surface area contributed by atoms with E-state index < -0.39 is 60.6 Å². The highest BCUT2D eigenvalue weighted by Gasteiger charge is 2.36. The van der Waals surface area contributed by atoms with E-state index in [9.17, 15) is 29.1 Å². The van der Waals surface area contributed by atoms with Crippen LogP contribution in [-0.4, -0.2) is 80.7 Å². The van der Waals surface area contributed by atoms with Crippen LogP contribution >= 0.6 is 0 Å². The average Bonchev–Trinajstić information content (AvgIpc) is 3.31. The fraction of sp³-hybridized carbons (Fsp3) is 0.316. The van der Waals surface area contributed by atoms with Crippen LogP contribution in [0.15, 0.2) is 30.5 Å². The molecule has 1 aliphatic heterocycles. The maximum atomic E-state index is 13.0. The van der Waals surface area contributed by atoms with Gasteiger partial charge in [-0.2, -0.15) is 0 Å². The van der Waals surface area contributed by atoms with E-state index in [1.54, 1.807) is 18.2 Å². The Labute approximate surface area is 186 Å². The van der Waals surface area contributed by atoms with Gasteiger partial charge >= 0.3 is 0 Å². The van der Waals surface area contributed by atoms with Gasteiger partial charge in [0, 0.05) is 0 Å². The Balaban J connectivity index is 2.09. The number of aliphatic hydroxyl groups excluding tert-OH is 1. The second-order valence-electron chi connectivity index (χ2n) is 7.10. The molecule has 0 saturated carbocycles. The van der Waals surface area contributed by atoms with E-state index in [1.807, 2.05) is 0 Å². The quantitative estimate of drug-likeness (QED) is 0.237. The summed E-state index contributed by atoms with van der Waals surface area (Å²) in [7, 11) is 0. The number of amides is 3. The highest BCUT2D eigenvalue weighted by Crippen LogP contribution is 2.15. The number of aromatic nitrogens is 3. The van der Waals surface area contributed by atoms with Gasteiger partial charge in [-0.3, -0.25) is 24.0 Å². The van der Waals surface area contributed by atoms with Crippen molar-refractivity contribution in [3.05, 3.63) is 41.7 Å². The standard InChI is InChI=1S/C19H22N8O6/c20-5-13(29)14-18(32)22-6-9-7-27(26-25-9)12-4-2-1-3-10(12)17(31)24-15(19(33)23-14)16(30)11(21)8-28/h1-4,7,11,14-15,28H,5-6,8,20-21H2,(H,22,32)(H,23,33)(H,24,31)/t11-,14-,15-/m0/s1. The molecule has 3 amide bonds. The van der Waals surface area contributed by atoms with Crippen molar-refractivity contribution in [3.8, 4) is 5.69 Å². The van der Waals surface area contributed by atoms with Gasteiger partial charge in [0.25, 0.3) is 17.7 Å². The summed E-state index contributed by atoms with van der Waals surface area (Å²) in [5.74, 6) is -4.80. The van der Waals surface area contributed by atoms with Gasteiger partial charge in [-0.25, -0.2) is 4.68 Å².